The molecule has 0 aliphatic carbocycles. The van der Waals surface area contributed by atoms with Crippen LogP contribution in [-0.4, -0.2) is 17.4 Å². The lowest BCUT2D eigenvalue weighted by atomic mass is 10.2. The highest BCUT2D eigenvalue weighted by molar-refractivity contribution is 6.04. The Bertz CT molecular complexity index is 701. The van der Waals surface area contributed by atoms with Gasteiger partial charge < -0.3 is 10.1 Å². The van der Waals surface area contributed by atoms with Crippen molar-refractivity contribution in [1.82, 2.24) is 0 Å². The Morgan fingerprint density at radius 2 is 1.95 bits per heavy atom. The second kappa shape index (κ2) is 6.66. The SMILES string of the molecule is CCOc1ccc(C(=O)Nc2cc([N+](=O)[O-])ccc2F)cc1. The van der Waals surface area contributed by atoms with Crippen LogP contribution < -0.4 is 10.1 Å². The summed E-state index contributed by atoms with van der Waals surface area (Å²) in [7, 11) is 0. The third-order valence-electron chi connectivity index (χ3n) is 2.84. The van der Waals surface area contributed by atoms with Crippen molar-refractivity contribution in [1.29, 1.82) is 0 Å². The number of nitrogens with zero attached hydrogens (tertiary/aromatic N) is 1. The summed E-state index contributed by atoms with van der Waals surface area (Å²) in [5.41, 5.74) is -0.258. The second-order valence-electron chi connectivity index (χ2n) is 4.33. The lowest BCUT2D eigenvalue weighted by Gasteiger charge is -2.07. The van der Waals surface area contributed by atoms with Crippen molar-refractivity contribution in [3.05, 3.63) is 64.0 Å². The minimum absolute atomic E-state index is 0.243. The summed E-state index contributed by atoms with van der Waals surface area (Å²) in [6, 6.07) is 9.21. The summed E-state index contributed by atoms with van der Waals surface area (Å²) in [4.78, 5) is 22.0. The summed E-state index contributed by atoms with van der Waals surface area (Å²) in [5.74, 6) is -0.701. The third kappa shape index (κ3) is 3.57. The van der Waals surface area contributed by atoms with Gasteiger partial charge in [0.2, 0.25) is 0 Å². The molecule has 0 unspecified atom stereocenters. The Morgan fingerprint density at radius 1 is 1.27 bits per heavy atom. The van der Waals surface area contributed by atoms with Crippen LogP contribution in [0.4, 0.5) is 15.8 Å². The van der Waals surface area contributed by atoms with Crippen LogP contribution in [0.25, 0.3) is 0 Å². The topological polar surface area (TPSA) is 81.5 Å². The molecular formula is C15H13FN2O4. The van der Waals surface area contributed by atoms with Crippen molar-refractivity contribution >= 4 is 17.3 Å². The minimum atomic E-state index is -0.745. The number of hydrogen-bond acceptors (Lipinski definition) is 4. The van der Waals surface area contributed by atoms with Gasteiger partial charge in [-0.25, -0.2) is 4.39 Å². The molecule has 2 aromatic rings. The monoisotopic (exact) mass is 304 g/mol. The van der Waals surface area contributed by atoms with Crippen molar-refractivity contribution in [3.8, 4) is 5.75 Å². The van der Waals surface area contributed by atoms with Gasteiger partial charge in [0.05, 0.1) is 17.2 Å². The van der Waals surface area contributed by atoms with Crippen LogP contribution in [0, 0.1) is 15.9 Å². The van der Waals surface area contributed by atoms with Crippen molar-refractivity contribution in [3.63, 3.8) is 0 Å². The van der Waals surface area contributed by atoms with Crippen LogP contribution in [0.1, 0.15) is 17.3 Å². The molecule has 0 bridgehead atoms. The summed E-state index contributed by atoms with van der Waals surface area (Å²) in [5, 5.41) is 13.0. The molecule has 0 saturated heterocycles. The predicted octanol–water partition coefficient (Wildman–Crippen LogP) is 3.38. The number of nitro benzene ring substituents is 1. The van der Waals surface area contributed by atoms with Gasteiger partial charge in [0, 0.05) is 17.7 Å². The van der Waals surface area contributed by atoms with Gasteiger partial charge in [0.25, 0.3) is 11.6 Å². The number of carbonyl (C=O) groups excluding carboxylic acids is 1. The number of amides is 1. The Morgan fingerprint density at radius 3 is 2.55 bits per heavy atom. The van der Waals surface area contributed by atoms with E-state index < -0.39 is 16.6 Å². The molecule has 0 atom stereocenters. The molecule has 0 spiro atoms. The number of anilines is 1. The van der Waals surface area contributed by atoms with E-state index in [0.717, 1.165) is 18.2 Å². The first-order valence-electron chi connectivity index (χ1n) is 6.49. The van der Waals surface area contributed by atoms with Gasteiger partial charge in [-0.1, -0.05) is 0 Å². The van der Waals surface area contributed by atoms with Crippen molar-refractivity contribution < 1.29 is 18.8 Å². The normalized spacial score (nSPS) is 10.1. The molecule has 2 aromatic carbocycles. The van der Waals surface area contributed by atoms with Crippen LogP contribution in [-0.2, 0) is 0 Å². The molecule has 0 heterocycles. The smallest absolute Gasteiger partial charge is 0.271 e. The molecule has 2 rings (SSSR count). The van der Waals surface area contributed by atoms with Crippen LogP contribution in [0.3, 0.4) is 0 Å². The number of nitrogens with one attached hydrogen (secondary N) is 1. The van der Waals surface area contributed by atoms with Crippen LogP contribution in [0.15, 0.2) is 42.5 Å². The first-order valence-corrected chi connectivity index (χ1v) is 6.49. The maximum Gasteiger partial charge on any atom is 0.271 e. The van der Waals surface area contributed by atoms with Gasteiger partial charge in [0.15, 0.2) is 0 Å². The van der Waals surface area contributed by atoms with Crippen molar-refractivity contribution in [2.24, 2.45) is 0 Å². The van der Waals surface area contributed by atoms with Gasteiger partial charge in [0.1, 0.15) is 11.6 Å². The lowest BCUT2D eigenvalue weighted by Crippen LogP contribution is -2.13. The largest absolute Gasteiger partial charge is 0.494 e. The van der Waals surface area contributed by atoms with E-state index in [9.17, 15) is 19.3 Å². The zero-order valence-electron chi connectivity index (χ0n) is 11.7. The maximum atomic E-state index is 13.6. The molecule has 1 amide bonds. The summed E-state index contributed by atoms with van der Waals surface area (Å²) in [6.07, 6.45) is 0. The van der Waals surface area contributed by atoms with E-state index in [4.69, 9.17) is 4.74 Å². The van der Waals surface area contributed by atoms with Crippen LogP contribution >= 0.6 is 0 Å². The number of benzene rings is 2. The average Bonchev–Trinajstić information content (AvgIpc) is 2.50. The zero-order valence-corrected chi connectivity index (χ0v) is 11.7. The fourth-order valence-electron chi connectivity index (χ4n) is 1.79. The Kier molecular flexibility index (Phi) is 4.67. The van der Waals surface area contributed by atoms with E-state index >= 15 is 0 Å². The van der Waals surface area contributed by atoms with Crippen molar-refractivity contribution in [2.45, 2.75) is 6.92 Å². The number of ether oxygens (including phenoxy) is 1. The fraction of sp³-hybridized carbons (Fsp3) is 0.133. The van der Waals surface area contributed by atoms with E-state index in [1.165, 1.54) is 12.1 Å². The van der Waals surface area contributed by atoms with Gasteiger partial charge in [-0.05, 0) is 37.3 Å². The van der Waals surface area contributed by atoms with E-state index in [0.29, 0.717) is 12.4 Å². The first-order chi connectivity index (χ1) is 10.5. The number of hydrogen-bond donors (Lipinski definition) is 1. The summed E-state index contributed by atoms with van der Waals surface area (Å²) >= 11 is 0. The molecule has 0 saturated carbocycles. The highest BCUT2D eigenvalue weighted by Gasteiger charge is 2.14. The third-order valence-corrected chi connectivity index (χ3v) is 2.84. The van der Waals surface area contributed by atoms with Gasteiger partial charge >= 0.3 is 0 Å². The second-order valence-corrected chi connectivity index (χ2v) is 4.33. The number of non-ortho nitro benzene ring substituents is 1. The fourth-order valence-corrected chi connectivity index (χ4v) is 1.79. The quantitative estimate of drug-likeness (QED) is 0.678. The van der Waals surface area contributed by atoms with Gasteiger partial charge in [-0.3, -0.25) is 14.9 Å². The molecule has 0 aromatic heterocycles. The Hall–Kier alpha value is -2.96. The standard InChI is InChI=1S/C15H13FN2O4/c1-2-22-12-6-3-10(4-7-12)15(19)17-14-9-11(18(20)21)5-8-13(14)16/h3-9H,2H2,1H3,(H,17,19). The molecule has 1 N–H and O–H groups in total. The molecule has 7 heteroatoms. The van der Waals surface area contributed by atoms with E-state index in [1.54, 1.807) is 12.1 Å². The molecule has 6 nitrogen and oxygen atoms in total. The Labute approximate surface area is 125 Å². The minimum Gasteiger partial charge on any atom is -0.494 e. The first kappa shape index (κ1) is 15.4. The molecule has 0 aliphatic heterocycles. The number of nitro groups is 1. The number of carbonyl (C=O) groups is 1. The van der Waals surface area contributed by atoms with E-state index in [1.807, 2.05) is 6.92 Å². The highest BCUT2D eigenvalue weighted by Crippen LogP contribution is 2.22. The average molecular weight is 304 g/mol. The van der Waals surface area contributed by atoms with Crippen molar-refractivity contribution in [2.75, 3.05) is 11.9 Å². The molecule has 0 aliphatic rings. The summed E-state index contributed by atoms with van der Waals surface area (Å²) in [6.45, 7) is 2.34. The van der Waals surface area contributed by atoms with Gasteiger partial charge in [-0.2, -0.15) is 0 Å². The number of rotatable bonds is 5. The lowest BCUT2D eigenvalue weighted by molar-refractivity contribution is -0.384. The van der Waals surface area contributed by atoms with Gasteiger partial charge in [-0.15, -0.1) is 0 Å². The molecule has 0 radical (unpaired) electrons. The van der Waals surface area contributed by atoms with Crippen LogP contribution in [0.2, 0.25) is 0 Å². The molecule has 0 fully saturated rings. The molecule has 114 valence electrons. The Balaban J connectivity index is 2.17. The predicted molar refractivity (Wildman–Crippen MR) is 78.6 cm³/mol. The summed E-state index contributed by atoms with van der Waals surface area (Å²) < 4.78 is 18.9. The highest BCUT2D eigenvalue weighted by atomic mass is 19.1. The van der Waals surface area contributed by atoms with E-state index in [-0.39, 0.29) is 16.9 Å². The molecule has 22 heavy (non-hydrogen) atoms. The zero-order chi connectivity index (χ0) is 16.1. The molecular weight excluding hydrogens is 291 g/mol. The maximum absolute atomic E-state index is 13.6. The van der Waals surface area contributed by atoms with Crippen LogP contribution in [0.5, 0.6) is 5.75 Å². The van der Waals surface area contributed by atoms with E-state index in [2.05, 4.69) is 5.32 Å². The number of halogens is 1.